The van der Waals surface area contributed by atoms with Crippen molar-refractivity contribution in [1.82, 2.24) is 0 Å². The van der Waals surface area contributed by atoms with Crippen molar-refractivity contribution < 1.29 is 4.42 Å². The second-order valence-corrected chi connectivity index (χ2v) is 21.7. The lowest BCUT2D eigenvalue weighted by molar-refractivity contribution is 0.559. The van der Waals surface area contributed by atoms with E-state index in [2.05, 4.69) is 260 Å². The standard InChI is InChI=1S/C66H57NO/c1-63(2,3)46-39-54-52-36-37-57-60(62(52)68-61(54)59(40-46)64(4,5)6)53-35-34-49(41-58(53)65(57,7)8)67(47-32-30-43(31-33-47)42-20-11-9-12-21-42)48-25-19-24-45(38-48)66(44-22-13-10-14-23-44)55-28-17-15-26-50(55)51-27-16-18-29-56(51)66/h9-41H,1-8H3. The highest BCUT2D eigenvalue weighted by Crippen LogP contribution is 2.58. The lowest BCUT2D eigenvalue weighted by atomic mass is 9.67. The van der Waals surface area contributed by atoms with E-state index in [-0.39, 0.29) is 16.2 Å². The molecular weight excluding hydrogens is 823 g/mol. The molecule has 0 unspecified atom stereocenters. The zero-order valence-electron chi connectivity index (χ0n) is 40.4. The second kappa shape index (κ2) is 15.0. The van der Waals surface area contributed by atoms with Gasteiger partial charge in [0.15, 0.2) is 0 Å². The summed E-state index contributed by atoms with van der Waals surface area (Å²) in [5.41, 5.74) is 22.1. The Morgan fingerprint density at radius 2 is 0.985 bits per heavy atom. The predicted molar refractivity (Wildman–Crippen MR) is 286 cm³/mol. The van der Waals surface area contributed by atoms with E-state index in [0.29, 0.717) is 0 Å². The normalized spacial score (nSPS) is 14.4. The summed E-state index contributed by atoms with van der Waals surface area (Å²) < 4.78 is 7.18. The lowest BCUT2D eigenvalue weighted by Crippen LogP contribution is -2.28. The third-order valence-corrected chi connectivity index (χ3v) is 15.2. The van der Waals surface area contributed by atoms with Crippen molar-refractivity contribution in [1.29, 1.82) is 0 Å². The van der Waals surface area contributed by atoms with Crippen molar-refractivity contribution >= 4 is 39.0 Å². The molecule has 1 heterocycles. The zero-order valence-corrected chi connectivity index (χ0v) is 40.4. The number of nitrogens with zero attached hydrogens (tertiary/aromatic N) is 1. The molecule has 332 valence electrons. The van der Waals surface area contributed by atoms with Crippen LogP contribution in [0.4, 0.5) is 17.1 Å². The lowest BCUT2D eigenvalue weighted by Gasteiger charge is -2.35. The molecule has 0 spiro atoms. The minimum atomic E-state index is -0.521. The van der Waals surface area contributed by atoms with E-state index in [1.54, 1.807) is 0 Å². The average molecular weight is 880 g/mol. The second-order valence-electron chi connectivity index (χ2n) is 21.7. The predicted octanol–water partition coefficient (Wildman–Crippen LogP) is 18.0. The van der Waals surface area contributed by atoms with Crippen molar-refractivity contribution in [3.8, 4) is 33.4 Å². The van der Waals surface area contributed by atoms with Crippen molar-refractivity contribution in [2.24, 2.45) is 0 Å². The molecule has 0 amide bonds. The topological polar surface area (TPSA) is 16.4 Å². The van der Waals surface area contributed by atoms with E-state index in [9.17, 15) is 0 Å². The summed E-state index contributed by atoms with van der Waals surface area (Å²) >= 11 is 0. The molecule has 2 nitrogen and oxygen atoms in total. The Labute approximate surface area is 401 Å². The van der Waals surface area contributed by atoms with Crippen molar-refractivity contribution in [3.05, 3.63) is 245 Å². The van der Waals surface area contributed by atoms with Crippen LogP contribution >= 0.6 is 0 Å². The fourth-order valence-electron chi connectivity index (χ4n) is 11.7. The Hall–Kier alpha value is -7.42. The van der Waals surface area contributed by atoms with Crippen LogP contribution in [-0.2, 0) is 21.7 Å². The van der Waals surface area contributed by atoms with Gasteiger partial charge in [0.2, 0.25) is 0 Å². The molecule has 0 saturated carbocycles. The van der Waals surface area contributed by atoms with Gasteiger partial charge < -0.3 is 9.32 Å². The van der Waals surface area contributed by atoms with Crippen molar-refractivity contribution in [3.63, 3.8) is 0 Å². The highest BCUT2D eigenvalue weighted by atomic mass is 16.3. The van der Waals surface area contributed by atoms with Gasteiger partial charge in [-0.25, -0.2) is 0 Å². The van der Waals surface area contributed by atoms with Gasteiger partial charge in [-0.3, -0.25) is 0 Å². The number of furan rings is 1. The highest BCUT2D eigenvalue weighted by molar-refractivity contribution is 6.13. The van der Waals surface area contributed by atoms with E-state index in [0.717, 1.165) is 28.2 Å². The molecule has 2 aliphatic carbocycles. The van der Waals surface area contributed by atoms with Gasteiger partial charge in [0.25, 0.3) is 0 Å². The van der Waals surface area contributed by atoms with Gasteiger partial charge in [0.1, 0.15) is 11.2 Å². The number of anilines is 3. The molecule has 68 heavy (non-hydrogen) atoms. The van der Waals surface area contributed by atoms with Gasteiger partial charge in [0.05, 0.1) is 5.41 Å². The molecule has 12 rings (SSSR count). The Morgan fingerprint density at radius 3 is 1.65 bits per heavy atom. The maximum absolute atomic E-state index is 7.18. The molecule has 0 fully saturated rings. The van der Waals surface area contributed by atoms with Crippen molar-refractivity contribution in [2.75, 3.05) is 4.90 Å². The minimum Gasteiger partial charge on any atom is -0.455 e. The molecule has 2 heteroatoms. The molecular formula is C66H57NO. The summed E-state index contributed by atoms with van der Waals surface area (Å²) in [6.07, 6.45) is 0. The molecule has 0 bridgehead atoms. The number of hydrogen-bond acceptors (Lipinski definition) is 2. The van der Waals surface area contributed by atoms with E-state index in [1.165, 1.54) is 88.7 Å². The SMILES string of the molecule is CC(C)(C)c1cc(C(C)(C)C)c2oc3c4c(ccc3c2c1)C(C)(C)c1cc(N(c2ccc(-c3ccccc3)cc2)c2cccc(C3(c5ccccc5)c5ccccc5-c5ccccc53)c2)ccc1-4. The third kappa shape index (κ3) is 6.23. The first-order chi connectivity index (χ1) is 32.7. The first-order valence-corrected chi connectivity index (χ1v) is 24.3. The van der Waals surface area contributed by atoms with Gasteiger partial charge in [0, 0.05) is 44.4 Å². The van der Waals surface area contributed by atoms with Gasteiger partial charge in [-0.15, -0.1) is 0 Å². The molecule has 0 atom stereocenters. The van der Waals surface area contributed by atoms with Crippen LogP contribution in [0.25, 0.3) is 55.3 Å². The summed E-state index contributed by atoms with van der Waals surface area (Å²) in [7, 11) is 0. The Morgan fingerprint density at radius 1 is 0.397 bits per heavy atom. The third-order valence-electron chi connectivity index (χ3n) is 15.2. The van der Waals surface area contributed by atoms with Gasteiger partial charge in [-0.1, -0.05) is 213 Å². The average Bonchev–Trinajstić information content (AvgIpc) is 3.95. The largest absolute Gasteiger partial charge is 0.455 e. The Bertz CT molecular complexity index is 3550. The quantitative estimate of drug-likeness (QED) is 0.165. The van der Waals surface area contributed by atoms with E-state index < -0.39 is 5.41 Å². The van der Waals surface area contributed by atoms with Gasteiger partial charge >= 0.3 is 0 Å². The summed E-state index contributed by atoms with van der Waals surface area (Å²) in [6, 6.07) is 74.8. The molecule has 2 aliphatic rings. The highest BCUT2D eigenvalue weighted by Gasteiger charge is 2.46. The molecule has 1 aromatic heterocycles. The molecule has 0 radical (unpaired) electrons. The fourth-order valence-corrected chi connectivity index (χ4v) is 11.7. The van der Waals surface area contributed by atoms with Crippen LogP contribution in [0.15, 0.2) is 205 Å². The first kappa shape index (κ1) is 42.0. The van der Waals surface area contributed by atoms with Gasteiger partial charge in [-0.2, -0.15) is 0 Å². The Kier molecular flexibility index (Phi) is 9.29. The van der Waals surface area contributed by atoms with Crippen LogP contribution in [-0.4, -0.2) is 0 Å². The number of fused-ring (bicyclic) bond motifs is 10. The summed E-state index contributed by atoms with van der Waals surface area (Å²) in [5.74, 6) is 0. The van der Waals surface area contributed by atoms with Crippen LogP contribution < -0.4 is 4.90 Å². The molecule has 0 aliphatic heterocycles. The molecule has 0 saturated heterocycles. The molecule has 0 N–H and O–H groups in total. The van der Waals surface area contributed by atoms with Crippen molar-refractivity contribution in [2.45, 2.75) is 77.0 Å². The zero-order chi connectivity index (χ0) is 46.7. The molecule has 9 aromatic carbocycles. The van der Waals surface area contributed by atoms with Crippen LogP contribution in [0.5, 0.6) is 0 Å². The van der Waals surface area contributed by atoms with Crippen LogP contribution in [0, 0.1) is 0 Å². The number of benzene rings is 9. The van der Waals surface area contributed by atoms with Crippen LogP contribution in [0.2, 0.25) is 0 Å². The molecule has 10 aromatic rings. The minimum absolute atomic E-state index is 0.000962. The van der Waals surface area contributed by atoms with E-state index in [1.807, 2.05) is 0 Å². The summed E-state index contributed by atoms with van der Waals surface area (Å²) in [4.78, 5) is 2.46. The first-order valence-electron chi connectivity index (χ1n) is 24.3. The summed E-state index contributed by atoms with van der Waals surface area (Å²) in [5, 5.41) is 2.39. The maximum Gasteiger partial charge on any atom is 0.143 e. The van der Waals surface area contributed by atoms with Crippen LogP contribution in [0.3, 0.4) is 0 Å². The van der Waals surface area contributed by atoms with E-state index >= 15 is 0 Å². The maximum atomic E-state index is 7.18. The number of rotatable bonds is 6. The smallest absolute Gasteiger partial charge is 0.143 e. The van der Waals surface area contributed by atoms with Gasteiger partial charge in [-0.05, 0) is 120 Å². The monoisotopic (exact) mass is 879 g/mol. The number of hydrogen-bond donors (Lipinski definition) is 0. The summed E-state index contributed by atoms with van der Waals surface area (Å²) in [6.45, 7) is 18.6. The van der Waals surface area contributed by atoms with Crippen LogP contribution in [0.1, 0.15) is 99.9 Å². The fraction of sp³-hybridized carbons (Fsp3) is 0.182. The van der Waals surface area contributed by atoms with E-state index in [4.69, 9.17) is 4.42 Å². The Balaban J connectivity index is 1.07.